The van der Waals surface area contributed by atoms with E-state index in [0.29, 0.717) is 73.4 Å². The number of aliphatic carboxylic acids is 1. The van der Waals surface area contributed by atoms with Gasteiger partial charge in [-0.2, -0.15) is 13.2 Å². The van der Waals surface area contributed by atoms with Crippen LogP contribution in [0.15, 0.2) is 30.6 Å². The summed E-state index contributed by atoms with van der Waals surface area (Å²) in [5.74, 6) is 0.179. The predicted molar refractivity (Wildman–Crippen MR) is 188 cm³/mol. The van der Waals surface area contributed by atoms with Gasteiger partial charge >= 0.3 is 12.1 Å². The van der Waals surface area contributed by atoms with Crippen molar-refractivity contribution in [1.82, 2.24) is 34.8 Å². The molecule has 1 aliphatic rings. The second kappa shape index (κ2) is 15.4. The number of aromatic nitrogens is 6. The summed E-state index contributed by atoms with van der Waals surface area (Å²) in [5, 5.41) is 9.03. The molecule has 1 saturated heterocycles. The van der Waals surface area contributed by atoms with Crippen molar-refractivity contribution in [3.05, 3.63) is 36.3 Å². The number of ether oxygens (including phenoxy) is 2. The van der Waals surface area contributed by atoms with E-state index in [2.05, 4.69) is 52.4 Å². The quantitative estimate of drug-likeness (QED) is 0.164. The van der Waals surface area contributed by atoms with Gasteiger partial charge in [0.25, 0.3) is 0 Å². The van der Waals surface area contributed by atoms with Crippen LogP contribution in [0.4, 0.5) is 24.7 Å². The lowest BCUT2D eigenvalue weighted by molar-refractivity contribution is -0.141. The van der Waals surface area contributed by atoms with Gasteiger partial charge in [-0.3, -0.25) is 9.69 Å². The molecule has 1 aliphatic heterocycles. The van der Waals surface area contributed by atoms with Crippen molar-refractivity contribution in [3.63, 3.8) is 0 Å². The number of imidazole rings is 1. The minimum atomic E-state index is -4.69. The second-order valence-electron chi connectivity index (χ2n) is 13.9. The van der Waals surface area contributed by atoms with Gasteiger partial charge in [-0.05, 0) is 45.9 Å². The van der Waals surface area contributed by atoms with Gasteiger partial charge in [-0.1, -0.05) is 13.8 Å². The highest BCUT2D eigenvalue weighted by molar-refractivity contribution is 5.91. The van der Waals surface area contributed by atoms with Crippen LogP contribution >= 0.6 is 0 Å². The van der Waals surface area contributed by atoms with Crippen LogP contribution in [-0.2, 0) is 15.7 Å². The lowest BCUT2D eigenvalue weighted by Gasteiger charge is -2.44. The first-order valence-corrected chi connectivity index (χ1v) is 17.0. The van der Waals surface area contributed by atoms with Crippen LogP contribution < -0.4 is 14.5 Å². The summed E-state index contributed by atoms with van der Waals surface area (Å²) < 4.78 is 52.4. The molecule has 0 unspecified atom stereocenters. The fourth-order valence-electron chi connectivity index (χ4n) is 6.73. The average Bonchev–Trinajstić information content (AvgIpc) is 3.49. The maximum Gasteiger partial charge on any atom is 0.433 e. The van der Waals surface area contributed by atoms with Crippen molar-refractivity contribution in [2.75, 3.05) is 63.4 Å². The van der Waals surface area contributed by atoms with Crippen molar-refractivity contribution in [2.45, 2.75) is 65.7 Å². The van der Waals surface area contributed by atoms with E-state index in [1.54, 1.807) is 32.5 Å². The first-order valence-electron chi connectivity index (χ1n) is 17.0. The van der Waals surface area contributed by atoms with Gasteiger partial charge in [-0.25, -0.2) is 24.9 Å². The Morgan fingerprint density at radius 1 is 1.06 bits per heavy atom. The van der Waals surface area contributed by atoms with E-state index >= 15 is 0 Å². The van der Waals surface area contributed by atoms with Crippen LogP contribution in [0.25, 0.3) is 33.9 Å². The molecule has 4 aromatic rings. The van der Waals surface area contributed by atoms with Crippen LogP contribution in [0.3, 0.4) is 0 Å². The molecule has 0 aromatic carbocycles. The lowest BCUT2D eigenvalue weighted by atomic mass is 9.94. The summed E-state index contributed by atoms with van der Waals surface area (Å²) >= 11 is 0. The topological polar surface area (TPSA) is 146 Å². The van der Waals surface area contributed by atoms with Crippen LogP contribution in [0.2, 0.25) is 0 Å². The molecule has 4 aromatic heterocycles. The minimum Gasteiger partial charge on any atom is -0.481 e. The molecular weight excluding hydrogens is 667 g/mol. The number of rotatable bonds is 14. The molecule has 16 heteroatoms. The summed E-state index contributed by atoms with van der Waals surface area (Å²) in [6, 6.07) is 4.53. The van der Waals surface area contributed by atoms with Crippen LogP contribution in [0.5, 0.6) is 5.88 Å². The zero-order valence-corrected chi connectivity index (χ0v) is 30.1. The number of halogens is 3. The highest BCUT2D eigenvalue weighted by Crippen LogP contribution is 2.36. The molecule has 0 saturated carbocycles. The number of fused-ring (bicyclic) bond motifs is 1. The Kier molecular flexibility index (Phi) is 11.3. The number of carboxylic acids is 1. The number of nitrogens with one attached hydrogen (secondary N) is 1. The number of hydrogen-bond donors (Lipinski definition) is 2. The molecule has 0 amide bonds. The molecule has 2 N–H and O–H groups in total. The third-order valence-corrected chi connectivity index (χ3v) is 8.85. The number of hydrogen-bond acceptors (Lipinski definition) is 11. The molecule has 276 valence electrons. The van der Waals surface area contributed by atoms with Crippen LogP contribution in [0, 0.1) is 5.41 Å². The first-order chi connectivity index (χ1) is 24.1. The monoisotopic (exact) mass is 713 g/mol. The summed E-state index contributed by atoms with van der Waals surface area (Å²) in [7, 11) is 3.54. The number of alkyl halides is 3. The number of carbonyl (C=O) groups is 1. The zero-order chi connectivity index (χ0) is 37.1. The molecule has 0 spiro atoms. The Balaban J connectivity index is 1.49. The number of H-pyrrole nitrogens is 1. The van der Waals surface area contributed by atoms with E-state index < -0.39 is 17.8 Å². The van der Waals surface area contributed by atoms with Gasteiger partial charge in [0, 0.05) is 69.3 Å². The SMILES string of the molecule is CCOc1cc(-c2cc(N(C)CC(C)(C)COC)c3[nH]c(-c4cnc(N5C[C@@H](C)N(CCCC(=O)O)[C@@H](C)C5)cn4)nc3n2)cc(C(F)(F)F)n1. The maximum atomic E-state index is 13.9. The Labute approximate surface area is 295 Å². The Bertz CT molecular complexity index is 1800. The number of carboxylic acid groups (broad SMARTS) is 1. The molecule has 0 radical (unpaired) electrons. The molecule has 5 heterocycles. The van der Waals surface area contributed by atoms with Crippen molar-refractivity contribution >= 4 is 28.6 Å². The second-order valence-corrected chi connectivity index (χ2v) is 13.9. The normalized spacial score (nSPS) is 17.3. The Morgan fingerprint density at radius 2 is 1.78 bits per heavy atom. The van der Waals surface area contributed by atoms with E-state index in [-0.39, 0.29) is 47.7 Å². The fraction of sp³-hybridized carbons (Fsp3) is 0.543. The van der Waals surface area contributed by atoms with Gasteiger partial charge in [0.1, 0.15) is 22.7 Å². The maximum absolute atomic E-state index is 13.9. The van der Waals surface area contributed by atoms with E-state index in [1.807, 2.05) is 11.9 Å². The molecular formula is C35H46F3N9O4. The number of piperazine rings is 1. The van der Waals surface area contributed by atoms with Gasteiger partial charge in [0.2, 0.25) is 5.88 Å². The van der Waals surface area contributed by atoms with E-state index in [1.165, 1.54) is 6.07 Å². The van der Waals surface area contributed by atoms with Gasteiger partial charge in [0.05, 0.1) is 37.0 Å². The van der Waals surface area contributed by atoms with Crippen LogP contribution in [-0.4, -0.2) is 112 Å². The predicted octanol–water partition coefficient (Wildman–Crippen LogP) is 5.77. The standard InChI is InChI=1S/C35H46F3N9O4/c1-8-51-29-13-23(12-27(42-29)35(36,37)38)24-14-26(45(6)19-34(4,5)20-50-7)31-33(41-24)44-32(43-31)25-15-40-28(16-39-25)46-17-21(2)47(22(3)18-46)11-9-10-30(48)49/h12-16,21-22H,8-11,17-20H2,1-7H3,(H,48,49)(H,41,43,44)/t21-,22+. The smallest absolute Gasteiger partial charge is 0.433 e. The fourth-order valence-corrected chi connectivity index (χ4v) is 6.73. The lowest BCUT2D eigenvalue weighted by Crippen LogP contribution is -2.57. The summed E-state index contributed by atoms with van der Waals surface area (Å²) in [6.45, 7) is 13.4. The third kappa shape index (κ3) is 9.03. The molecule has 0 aliphatic carbocycles. The number of anilines is 2. The zero-order valence-electron chi connectivity index (χ0n) is 30.1. The highest BCUT2D eigenvalue weighted by atomic mass is 19.4. The van der Waals surface area contributed by atoms with Gasteiger partial charge in [0.15, 0.2) is 11.5 Å². The van der Waals surface area contributed by atoms with Crippen LogP contribution in [0.1, 0.15) is 53.2 Å². The van der Waals surface area contributed by atoms with Crippen molar-refractivity contribution < 1.29 is 32.5 Å². The summed E-state index contributed by atoms with van der Waals surface area (Å²) in [4.78, 5) is 43.3. The summed E-state index contributed by atoms with van der Waals surface area (Å²) in [5.41, 5.74) is 1.15. The largest absolute Gasteiger partial charge is 0.481 e. The highest BCUT2D eigenvalue weighted by Gasteiger charge is 2.34. The summed E-state index contributed by atoms with van der Waals surface area (Å²) in [6.07, 6.45) is -0.606. The average molecular weight is 714 g/mol. The van der Waals surface area contributed by atoms with E-state index in [9.17, 15) is 18.0 Å². The molecule has 13 nitrogen and oxygen atoms in total. The van der Waals surface area contributed by atoms with Crippen molar-refractivity contribution in [3.8, 4) is 28.7 Å². The first kappa shape index (κ1) is 37.7. The molecule has 51 heavy (non-hydrogen) atoms. The Morgan fingerprint density at radius 3 is 2.39 bits per heavy atom. The molecule has 1 fully saturated rings. The van der Waals surface area contributed by atoms with Gasteiger partial charge in [-0.15, -0.1) is 0 Å². The number of pyridine rings is 2. The van der Waals surface area contributed by atoms with E-state index in [4.69, 9.17) is 29.5 Å². The Hall–Kier alpha value is -4.57. The van der Waals surface area contributed by atoms with Crippen molar-refractivity contribution in [1.29, 1.82) is 0 Å². The van der Waals surface area contributed by atoms with E-state index in [0.717, 1.165) is 6.07 Å². The third-order valence-electron chi connectivity index (χ3n) is 8.85. The molecule has 2 atom stereocenters. The number of nitrogens with zero attached hydrogens (tertiary/aromatic N) is 8. The number of aromatic amines is 1. The number of methoxy groups -OCH3 is 1. The minimum absolute atomic E-state index is 0.145. The van der Waals surface area contributed by atoms with Crippen molar-refractivity contribution in [2.24, 2.45) is 5.41 Å². The molecule has 5 rings (SSSR count). The molecule has 0 bridgehead atoms. The van der Waals surface area contributed by atoms with Gasteiger partial charge < -0.3 is 29.4 Å².